The Morgan fingerprint density at radius 1 is 1.44 bits per heavy atom. The molecule has 0 radical (unpaired) electrons. The van der Waals surface area contributed by atoms with Crippen molar-refractivity contribution in [2.45, 2.75) is 20.3 Å². The number of carboxylic acids is 1. The lowest BCUT2D eigenvalue weighted by Gasteiger charge is -2.17. The van der Waals surface area contributed by atoms with Crippen LogP contribution >= 0.6 is 11.3 Å². The fourth-order valence-corrected chi connectivity index (χ4v) is 1.59. The summed E-state index contributed by atoms with van der Waals surface area (Å²) < 4.78 is 0. The van der Waals surface area contributed by atoms with Crippen LogP contribution in [0, 0.1) is 5.41 Å². The summed E-state index contributed by atoms with van der Waals surface area (Å²) in [4.78, 5) is 37.4. The normalized spacial score (nSPS) is 10.8. The van der Waals surface area contributed by atoms with Crippen molar-refractivity contribution in [3.8, 4) is 0 Å². The number of nitrogens with one attached hydrogen (secondary N) is 2. The summed E-state index contributed by atoms with van der Waals surface area (Å²) in [5.41, 5.74) is -1.22. The minimum absolute atomic E-state index is 0.284. The molecule has 1 rings (SSSR count). The minimum Gasteiger partial charge on any atom is -0.481 e. The fraction of sp³-hybridized carbons (Fsp3) is 0.400. The van der Waals surface area contributed by atoms with Gasteiger partial charge in [-0.3, -0.25) is 20.2 Å². The lowest BCUT2D eigenvalue weighted by molar-refractivity contribution is -0.149. The third-order valence-electron chi connectivity index (χ3n) is 2.09. The lowest BCUT2D eigenvalue weighted by atomic mass is 9.89. The smallest absolute Gasteiger partial charge is 0.327 e. The molecule has 18 heavy (non-hydrogen) atoms. The average molecular weight is 271 g/mol. The summed E-state index contributed by atoms with van der Waals surface area (Å²) in [6, 6.07) is -0.726. The van der Waals surface area contributed by atoms with Crippen LogP contribution in [0.2, 0.25) is 0 Å². The molecular weight excluding hydrogens is 258 g/mol. The first-order chi connectivity index (χ1) is 8.31. The molecule has 98 valence electrons. The Balaban J connectivity index is 2.45. The molecular formula is C10H13N3O4S. The van der Waals surface area contributed by atoms with Crippen LogP contribution in [0.15, 0.2) is 11.6 Å². The minimum atomic E-state index is -1.22. The van der Waals surface area contributed by atoms with Crippen LogP contribution in [0.5, 0.6) is 0 Å². The van der Waals surface area contributed by atoms with Crippen molar-refractivity contribution in [2.24, 2.45) is 5.41 Å². The van der Waals surface area contributed by atoms with Crippen molar-refractivity contribution in [3.05, 3.63) is 11.6 Å². The summed E-state index contributed by atoms with van der Waals surface area (Å²) in [7, 11) is 0. The van der Waals surface area contributed by atoms with Gasteiger partial charge in [0.15, 0.2) is 5.13 Å². The molecule has 0 atom stereocenters. The van der Waals surface area contributed by atoms with Crippen molar-refractivity contribution in [3.63, 3.8) is 0 Å². The van der Waals surface area contributed by atoms with Crippen molar-refractivity contribution in [2.75, 3.05) is 5.32 Å². The maximum Gasteiger partial charge on any atom is 0.327 e. The van der Waals surface area contributed by atoms with E-state index in [1.165, 1.54) is 31.4 Å². The second-order valence-electron chi connectivity index (χ2n) is 4.21. The molecule has 0 aliphatic carbocycles. The quantitative estimate of drug-likeness (QED) is 0.764. The Hall–Kier alpha value is -1.96. The number of rotatable bonds is 4. The van der Waals surface area contributed by atoms with Gasteiger partial charge in [-0.2, -0.15) is 0 Å². The fourth-order valence-electron chi connectivity index (χ4n) is 1.06. The predicted octanol–water partition coefficient (Wildman–Crippen LogP) is 1.29. The van der Waals surface area contributed by atoms with E-state index in [1.54, 1.807) is 5.38 Å². The highest BCUT2D eigenvalue weighted by Crippen LogP contribution is 2.20. The molecule has 7 nitrogen and oxygen atoms in total. The van der Waals surface area contributed by atoms with Crippen molar-refractivity contribution < 1.29 is 19.5 Å². The standard InChI is InChI=1S/C10H13N3O4S/c1-10(2,7(15)16)5-6(14)12-8(17)13-9-11-3-4-18-9/h3-4H,5H2,1-2H3,(H,15,16)(H2,11,12,13,14,17). The van der Waals surface area contributed by atoms with Gasteiger partial charge in [-0.15, -0.1) is 11.3 Å². The van der Waals surface area contributed by atoms with E-state index in [9.17, 15) is 14.4 Å². The zero-order valence-corrected chi connectivity index (χ0v) is 10.7. The third-order valence-corrected chi connectivity index (χ3v) is 2.78. The number of imide groups is 1. The van der Waals surface area contributed by atoms with Crippen LogP contribution in [-0.2, 0) is 9.59 Å². The van der Waals surface area contributed by atoms with Crippen LogP contribution in [0.1, 0.15) is 20.3 Å². The zero-order chi connectivity index (χ0) is 13.8. The molecule has 1 heterocycles. The largest absolute Gasteiger partial charge is 0.481 e. The lowest BCUT2D eigenvalue weighted by Crippen LogP contribution is -2.38. The number of aliphatic carboxylic acids is 1. The molecule has 8 heteroatoms. The molecule has 0 bridgehead atoms. The number of aromatic nitrogens is 1. The van der Waals surface area contributed by atoms with Crippen LogP contribution in [0.3, 0.4) is 0 Å². The highest BCUT2D eigenvalue weighted by atomic mass is 32.1. The molecule has 1 aromatic rings. The highest BCUT2D eigenvalue weighted by molar-refractivity contribution is 7.13. The van der Waals surface area contributed by atoms with Crippen LogP contribution in [0.4, 0.5) is 9.93 Å². The number of amides is 3. The third kappa shape index (κ3) is 4.13. The van der Waals surface area contributed by atoms with Gasteiger partial charge >= 0.3 is 12.0 Å². The SMILES string of the molecule is CC(C)(CC(=O)NC(=O)Nc1nccs1)C(=O)O. The molecule has 0 aliphatic heterocycles. The number of carboxylic acid groups (broad SMARTS) is 1. The first kappa shape index (κ1) is 14.1. The van der Waals surface area contributed by atoms with Gasteiger partial charge in [-0.25, -0.2) is 9.78 Å². The average Bonchev–Trinajstić information content (AvgIpc) is 2.68. The van der Waals surface area contributed by atoms with Gasteiger partial charge in [-0.1, -0.05) is 0 Å². The maximum atomic E-state index is 11.4. The number of nitrogens with zero attached hydrogens (tertiary/aromatic N) is 1. The van der Waals surface area contributed by atoms with Gasteiger partial charge in [0.2, 0.25) is 5.91 Å². The van der Waals surface area contributed by atoms with E-state index in [2.05, 4.69) is 10.3 Å². The van der Waals surface area contributed by atoms with Crippen LogP contribution in [-0.4, -0.2) is 28.0 Å². The maximum absolute atomic E-state index is 11.4. The van der Waals surface area contributed by atoms with Crippen LogP contribution in [0.25, 0.3) is 0 Å². The summed E-state index contributed by atoms with van der Waals surface area (Å²) in [6.07, 6.45) is 1.23. The first-order valence-electron chi connectivity index (χ1n) is 5.05. The summed E-state index contributed by atoms with van der Waals surface area (Å²) in [5.74, 6) is -1.76. The first-order valence-corrected chi connectivity index (χ1v) is 5.93. The highest BCUT2D eigenvalue weighted by Gasteiger charge is 2.30. The number of carbonyl (C=O) groups excluding carboxylic acids is 2. The Morgan fingerprint density at radius 3 is 2.61 bits per heavy atom. The summed E-state index contributed by atoms with van der Waals surface area (Å²) >= 11 is 1.21. The van der Waals surface area contributed by atoms with Gasteiger partial charge in [0.1, 0.15) is 0 Å². The Morgan fingerprint density at radius 2 is 2.11 bits per heavy atom. The molecule has 0 aromatic carbocycles. The van der Waals surface area contributed by atoms with Gasteiger partial charge < -0.3 is 5.11 Å². The number of urea groups is 1. The van der Waals surface area contributed by atoms with Crippen LogP contribution < -0.4 is 10.6 Å². The Kier molecular flexibility index (Phi) is 4.38. The van der Waals surface area contributed by atoms with Crippen molar-refractivity contribution in [1.29, 1.82) is 0 Å². The topological polar surface area (TPSA) is 108 Å². The molecule has 3 amide bonds. The molecule has 0 saturated carbocycles. The van der Waals surface area contributed by atoms with E-state index >= 15 is 0 Å². The molecule has 0 spiro atoms. The second kappa shape index (κ2) is 5.58. The summed E-state index contributed by atoms with van der Waals surface area (Å²) in [6.45, 7) is 2.82. The molecule has 3 N–H and O–H groups in total. The number of hydrogen-bond donors (Lipinski definition) is 3. The Labute approximate surface area is 107 Å². The Bertz CT molecular complexity index is 456. The van der Waals surface area contributed by atoms with E-state index in [0.717, 1.165) is 0 Å². The van der Waals surface area contributed by atoms with Gasteiger partial charge in [0.05, 0.1) is 5.41 Å². The molecule has 1 aromatic heterocycles. The van der Waals surface area contributed by atoms with Gasteiger partial charge in [0.25, 0.3) is 0 Å². The zero-order valence-electron chi connectivity index (χ0n) is 9.89. The van der Waals surface area contributed by atoms with E-state index in [0.29, 0.717) is 5.13 Å². The van der Waals surface area contributed by atoms with E-state index in [1.807, 2.05) is 5.32 Å². The van der Waals surface area contributed by atoms with Gasteiger partial charge in [-0.05, 0) is 13.8 Å². The number of hydrogen-bond acceptors (Lipinski definition) is 5. The van der Waals surface area contributed by atoms with E-state index in [-0.39, 0.29) is 6.42 Å². The van der Waals surface area contributed by atoms with E-state index < -0.39 is 23.3 Å². The number of carbonyl (C=O) groups is 3. The number of anilines is 1. The monoisotopic (exact) mass is 271 g/mol. The summed E-state index contributed by atoms with van der Waals surface area (Å²) in [5, 5.41) is 15.3. The van der Waals surface area contributed by atoms with Crippen molar-refractivity contribution in [1.82, 2.24) is 10.3 Å². The second-order valence-corrected chi connectivity index (χ2v) is 5.10. The number of thiazole rings is 1. The van der Waals surface area contributed by atoms with Crippen molar-refractivity contribution >= 4 is 34.4 Å². The predicted molar refractivity (Wildman–Crippen MR) is 65.3 cm³/mol. The van der Waals surface area contributed by atoms with E-state index in [4.69, 9.17) is 5.11 Å². The molecule has 0 aliphatic rings. The molecule has 0 saturated heterocycles. The molecule has 0 fully saturated rings. The molecule has 0 unspecified atom stereocenters. The van der Waals surface area contributed by atoms with Gasteiger partial charge in [0, 0.05) is 18.0 Å².